The van der Waals surface area contributed by atoms with Crippen LogP contribution in [-0.2, 0) is 4.84 Å². The summed E-state index contributed by atoms with van der Waals surface area (Å²) in [5, 5.41) is 29.7. The molecule has 1 aliphatic heterocycles. The first kappa shape index (κ1) is 19.3. The van der Waals surface area contributed by atoms with Gasteiger partial charge in [0.15, 0.2) is 0 Å². The quantitative estimate of drug-likeness (QED) is 0.339. The zero-order valence-corrected chi connectivity index (χ0v) is 15.8. The minimum Gasteiger partial charge on any atom is -0.507 e. The van der Waals surface area contributed by atoms with E-state index in [-0.39, 0.29) is 37.0 Å². The van der Waals surface area contributed by atoms with Crippen molar-refractivity contribution in [1.82, 2.24) is 0 Å². The van der Waals surface area contributed by atoms with Crippen LogP contribution in [0.4, 0.5) is 5.69 Å². The molecule has 148 valence electrons. The van der Waals surface area contributed by atoms with Gasteiger partial charge in [-0.25, -0.2) is 0 Å². The Morgan fingerprint density at radius 1 is 1.37 bits per heavy atom. The van der Waals surface area contributed by atoms with E-state index in [4.69, 9.17) is 4.74 Å². The lowest BCUT2D eigenvalue weighted by atomic mass is 9.64. The fraction of sp³-hybridized carbons (Fsp3) is 0.579. The third-order valence-electron chi connectivity index (χ3n) is 5.99. The number of aliphatic hydroxyl groups excluding tert-OH is 1. The highest BCUT2D eigenvalue weighted by atomic mass is 17.0. The molecule has 2 aliphatic rings. The first-order chi connectivity index (χ1) is 12.8. The Hall–Kier alpha value is -2.48. The van der Waals surface area contributed by atoms with Gasteiger partial charge in [0.05, 0.1) is 6.61 Å². The molecule has 2 N–H and O–H groups in total. The van der Waals surface area contributed by atoms with Gasteiger partial charge in [-0.3, -0.25) is 0 Å². The van der Waals surface area contributed by atoms with E-state index < -0.39 is 5.09 Å². The normalized spacial score (nSPS) is 23.1. The lowest BCUT2D eigenvalue weighted by Gasteiger charge is -2.53. The van der Waals surface area contributed by atoms with E-state index in [1.54, 1.807) is 6.07 Å². The van der Waals surface area contributed by atoms with Gasteiger partial charge in [-0.05, 0) is 44.1 Å². The summed E-state index contributed by atoms with van der Waals surface area (Å²) < 4.78 is 5.53. The maximum absolute atomic E-state index is 10.7. The molecule has 1 aromatic rings. The molecule has 0 bridgehead atoms. The van der Waals surface area contributed by atoms with Crippen LogP contribution in [0.5, 0.6) is 11.5 Å². The number of ether oxygens (including phenoxy) is 1. The molecular formula is C19H26N2O6. The van der Waals surface area contributed by atoms with E-state index in [9.17, 15) is 20.3 Å². The lowest BCUT2D eigenvalue weighted by Crippen LogP contribution is -2.53. The Morgan fingerprint density at radius 3 is 2.78 bits per heavy atom. The highest BCUT2D eigenvalue weighted by molar-refractivity contribution is 5.67. The predicted octanol–water partition coefficient (Wildman–Crippen LogP) is 2.62. The van der Waals surface area contributed by atoms with E-state index in [0.29, 0.717) is 11.7 Å². The van der Waals surface area contributed by atoms with Crippen molar-refractivity contribution in [2.45, 2.75) is 38.1 Å². The molecule has 0 unspecified atom stereocenters. The molecule has 0 radical (unpaired) electrons. The molecule has 0 fully saturated rings. The first-order valence-corrected chi connectivity index (χ1v) is 9.05. The number of aliphatic hydroxyl groups is 1. The number of phenols is 1. The van der Waals surface area contributed by atoms with Crippen LogP contribution in [0.15, 0.2) is 23.8 Å². The molecule has 8 heteroatoms. The maximum Gasteiger partial charge on any atom is 0.294 e. The minimum atomic E-state index is -0.862. The third-order valence-corrected chi connectivity index (χ3v) is 5.99. The lowest BCUT2D eigenvalue weighted by molar-refractivity contribution is -0.757. The predicted molar refractivity (Wildman–Crippen MR) is 99.7 cm³/mol. The number of phenolic OH excluding ortho intramolecular Hbond substituents is 1. The Kier molecular flexibility index (Phi) is 5.19. The van der Waals surface area contributed by atoms with Gasteiger partial charge in [0.2, 0.25) is 0 Å². The van der Waals surface area contributed by atoms with Crippen molar-refractivity contribution in [3.05, 3.63) is 39.5 Å². The Bertz CT molecular complexity index is 761. The number of rotatable bonds is 6. The number of allylic oxidation sites excluding steroid dienone is 1. The van der Waals surface area contributed by atoms with Gasteiger partial charge in [-0.15, -0.1) is 10.1 Å². The first-order valence-electron chi connectivity index (χ1n) is 9.05. The van der Waals surface area contributed by atoms with Gasteiger partial charge in [-0.1, -0.05) is 6.08 Å². The van der Waals surface area contributed by atoms with Crippen molar-refractivity contribution in [1.29, 1.82) is 0 Å². The molecule has 0 spiro atoms. The van der Waals surface area contributed by atoms with Crippen LogP contribution in [0.25, 0.3) is 0 Å². The molecule has 3 rings (SSSR count). The summed E-state index contributed by atoms with van der Waals surface area (Å²) in [5.74, 6) is 1.02. The van der Waals surface area contributed by atoms with Crippen LogP contribution in [0, 0.1) is 16.0 Å². The largest absolute Gasteiger partial charge is 0.507 e. The van der Waals surface area contributed by atoms with Crippen molar-refractivity contribution in [2.24, 2.45) is 5.92 Å². The Morgan fingerprint density at radius 2 is 2.11 bits per heavy atom. The zero-order chi connectivity index (χ0) is 19.8. The number of hydrogen-bond acceptors (Lipinski definition) is 7. The number of fused-ring (bicyclic) bond motifs is 3. The maximum atomic E-state index is 10.7. The molecule has 0 saturated carbocycles. The Balaban J connectivity index is 1.92. The van der Waals surface area contributed by atoms with Crippen LogP contribution in [-0.4, -0.2) is 47.7 Å². The molecular weight excluding hydrogens is 352 g/mol. The van der Waals surface area contributed by atoms with Crippen molar-refractivity contribution < 1.29 is 24.9 Å². The molecule has 8 nitrogen and oxygen atoms in total. The molecule has 0 saturated heterocycles. The smallest absolute Gasteiger partial charge is 0.294 e. The van der Waals surface area contributed by atoms with E-state index in [1.807, 2.05) is 13.1 Å². The molecule has 1 aliphatic carbocycles. The number of aromatic hydroxyl groups is 1. The van der Waals surface area contributed by atoms with Gasteiger partial charge >= 0.3 is 0 Å². The average Bonchev–Trinajstić information content (AvgIpc) is 2.62. The summed E-state index contributed by atoms with van der Waals surface area (Å²) in [6, 6.07) is 3.40. The summed E-state index contributed by atoms with van der Waals surface area (Å²) in [4.78, 5) is 16.6. The second-order valence-electron chi connectivity index (χ2n) is 7.67. The molecule has 27 heavy (non-hydrogen) atoms. The van der Waals surface area contributed by atoms with Crippen LogP contribution in [0.2, 0.25) is 0 Å². The van der Waals surface area contributed by atoms with Crippen LogP contribution >= 0.6 is 0 Å². The van der Waals surface area contributed by atoms with E-state index >= 15 is 0 Å². The summed E-state index contributed by atoms with van der Waals surface area (Å²) in [6.07, 6.45) is 3.69. The average molecular weight is 378 g/mol. The van der Waals surface area contributed by atoms with Gasteiger partial charge < -0.3 is 24.7 Å². The van der Waals surface area contributed by atoms with Crippen molar-refractivity contribution in [2.75, 3.05) is 31.8 Å². The monoisotopic (exact) mass is 378 g/mol. The molecule has 1 aromatic carbocycles. The molecule has 2 atom stereocenters. The number of anilines is 1. The highest BCUT2D eigenvalue weighted by Crippen LogP contribution is 2.55. The number of nitrogens with zero attached hydrogens (tertiary/aromatic N) is 2. The van der Waals surface area contributed by atoms with Crippen LogP contribution < -0.4 is 9.64 Å². The van der Waals surface area contributed by atoms with Gasteiger partial charge in [0.1, 0.15) is 24.7 Å². The number of benzene rings is 1. The van der Waals surface area contributed by atoms with Crippen LogP contribution in [0.1, 0.15) is 38.2 Å². The zero-order valence-electron chi connectivity index (χ0n) is 15.8. The van der Waals surface area contributed by atoms with Gasteiger partial charge in [-0.2, -0.15) is 0 Å². The van der Waals surface area contributed by atoms with Gasteiger partial charge in [0, 0.05) is 36.0 Å². The van der Waals surface area contributed by atoms with E-state index in [0.717, 1.165) is 29.7 Å². The number of hydrogen-bond donors (Lipinski definition) is 2. The topological polar surface area (TPSA) is 105 Å². The van der Waals surface area contributed by atoms with E-state index in [2.05, 4.69) is 29.7 Å². The standard InChI is InChI=1S/C19H26N2O6/c1-19(2)15-5-4-12(11-22)8-14(15)18-16(20(19)3)9-13(10-17(18)23)26-6-7-27-21(24)25/h4,9-10,14-15,22-23H,5-8,11H2,1-3H3/t14-,15-/m1/s1. The summed E-state index contributed by atoms with van der Waals surface area (Å²) in [5.41, 5.74) is 2.61. The molecule has 0 amide bonds. The molecule has 1 heterocycles. The fourth-order valence-electron chi connectivity index (χ4n) is 4.35. The van der Waals surface area contributed by atoms with Crippen molar-refractivity contribution >= 4 is 5.69 Å². The second kappa shape index (κ2) is 7.26. The highest BCUT2D eigenvalue weighted by Gasteiger charge is 2.47. The second-order valence-corrected chi connectivity index (χ2v) is 7.67. The summed E-state index contributed by atoms with van der Waals surface area (Å²) in [6.45, 7) is 4.23. The summed E-state index contributed by atoms with van der Waals surface area (Å²) >= 11 is 0. The van der Waals surface area contributed by atoms with Gasteiger partial charge in [0.25, 0.3) is 5.09 Å². The van der Waals surface area contributed by atoms with E-state index in [1.165, 1.54) is 0 Å². The summed E-state index contributed by atoms with van der Waals surface area (Å²) in [7, 11) is 2.00. The molecule has 0 aromatic heterocycles. The van der Waals surface area contributed by atoms with Crippen LogP contribution in [0.3, 0.4) is 0 Å². The Labute approximate surface area is 158 Å². The minimum absolute atomic E-state index is 0.00969. The SMILES string of the molecule is CN1c2cc(OCCO[N+](=O)[O-])cc(O)c2[C@@H]2CC(CO)=CC[C@H]2C1(C)C. The third kappa shape index (κ3) is 3.53. The van der Waals surface area contributed by atoms with Crippen molar-refractivity contribution in [3.63, 3.8) is 0 Å². The van der Waals surface area contributed by atoms with Crippen molar-refractivity contribution in [3.8, 4) is 11.5 Å². The fourth-order valence-corrected chi connectivity index (χ4v) is 4.35.